The number of aromatic nitrogens is 3. The molecule has 2 heterocycles. The van der Waals surface area contributed by atoms with Crippen molar-refractivity contribution in [1.82, 2.24) is 14.6 Å². The van der Waals surface area contributed by atoms with Gasteiger partial charge in [0.25, 0.3) is 0 Å². The molecule has 0 atom stereocenters. The summed E-state index contributed by atoms with van der Waals surface area (Å²) in [5, 5.41) is 17.5. The molecule has 0 bridgehead atoms. The van der Waals surface area contributed by atoms with Gasteiger partial charge in [-0.3, -0.25) is 4.40 Å². The average Bonchev–Trinajstić information content (AvgIpc) is 2.66. The van der Waals surface area contributed by atoms with Gasteiger partial charge in [0.2, 0.25) is 0 Å². The lowest BCUT2D eigenvalue weighted by atomic mass is 9.96. The van der Waals surface area contributed by atoms with E-state index in [2.05, 4.69) is 16.3 Å². The number of hydrogen-bond donors (Lipinski definition) is 0. The summed E-state index contributed by atoms with van der Waals surface area (Å²) in [5.41, 5.74) is 1.50. The molecule has 0 unspecified atom stereocenters. The molecule has 98 valence electrons. The Hall–Kier alpha value is -1.89. The molecule has 2 aromatic heterocycles. The number of pyridine rings is 1. The van der Waals surface area contributed by atoms with Crippen molar-refractivity contribution in [3.63, 3.8) is 0 Å². The minimum Gasteiger partial charge on any atom is -0.285 e. The van der Waals surface area contributed by atoms with Gasteiger partial charge in [-0.15, -0.1) is 10.2 Å². The maximum atomic E-state index is 8.98. The van der Waals surface area contributed by atoms with Crippen molar-refractivity contribution in [2.45, 2.75) is 44.9 Å². The molecule has 4 nitrogen and oxygen atoms in total. The summed E-state index contributed by atoms with van der Waals surface area (Å²) < 4.78 is 1.98. The topological polar surface area (TPSA) is 54.0 Å². The summed E-state index contributed by atoms with van der Waals surface area (Å²) in [6, 6.07) is 5.83. The van der Waals surface area contributed by atoms with Crippen LogP contribution < -0.4 is 0 Å². The Morgan fingerprint density at radius 1 is 1.16 bits per heavy atom. The molecular weight excluding hydrogens is 236 g/mol. The fraction of sp³-hybridized carbons (Fsp3) is 0.533. The van der Waals surface area contributed by atoms with Crippen LogP contribution in [0.3, 0.4) is 0 Å². The standard InChI is InChI=1S/C15H18N4/c16-10-13-7-8-14-17-18-15(19(14)11-13)9-12-5-3-1-2-4-6-12/h7-8,11-12H,1-6,9H2. The zero-order chi connectivity index (χ0) is 13.1. The highest BCUT2D eigenvalue weighted by atomic mass is 15.2. The minimum absolute atomic E-state index is 0.661. The van der Waals surface area contributed by atoms with Gasteiger partial charge < -0.3 is 0 Å². The first kappa shape index (κ1) is 12.2. The van der Waals surface area contributed by atoms with Crippen LogP contribution in [0.2, 0.25) is 0 Å². The van der Waals surface area contributed by atoms with E-state index in [1.165, 1.54) is 38.5 Å². The van der Waals surface area contributed by atoms with E-state index >= 15 is 0 Å². The van der Waals surface area contributed by atoms with Crippen LogP contribution in [0.15, 0.2) is 18.3 Å². The van der Waals surface area contributed by atoms with Crippen molar-refractivity contribution in [3.8, 4) is 6.07 Å². The van der Waals surface area contributed by atoms with Gasteiger partial charge in [0, 0.05) is 12.6 Å². The average molecular weight is 254 g/mol. The predicted molar refractivity (Wildman–Crippen MR) is 72.6 cm³/mol. The van der Waals surface area contributed by atoms with E-state index in [4.69, 9.17) is 5.26 Å². The second kappa shape index (κ2) is 5.40. The molecule has 1 saturated carbocycles. The largest absolute Gasteiger partial charge is 0.285 e. The third kappa shape index (κ3) is 2.60. The van der Waals surface area contributed by atoms with E-state index in [0.29, 0.717) is 5.56 Å². The smallest absolute Gasteiger partial charge is 0.160 e. The fourth-order valence-corrected chi connectivity index (χ4v) is 2.97. The van der Waals surface area contributed by atoms with Crippen LogP contribution in [0.4, 0.5) is 0 Å². The number of hydrogen-bond acceptors (Lipinski definition) is 3. The fourth-order valence-electron chi connectivity index (χ4n) is 2.97. The van der Waals surface area contributed by atoms with Crippen LogP contribution >= 0.6 is 0 Å². The second-order valence-electron chi connectivity index (χ2n) is 5.44. The number of fused-ring (bicyclic) bond motifs is 1. The second-order valence-corrected chi connectivity index (χ2v) is 5.44. The molecule has 0 aromatic carbocycles. The Bertz CT molecular complexity index is 600. The van der Waals surface area contributed by atoms with Gasteiger partial charge in [-0.2, -0.15) is 5.26 Å². The predicted octanol–water partition coefficient (Wildman–Crippen LogP) is 3.11. The maximum absolute atomic E-state index is 8.98. The van der Waals surface area contributed by atoms with Crippen LogP contribution in [-0.4, -0.2) is 14.6 Å². The Kier molecular flexibility index (Phi) is 3.45. The molecule has 1 aliphatic carbocycles. The van der Waals surface area contributed by atoms with Crippen molar-refractivity contribution in [1.29, 1.82) is 5.26 Å². The Labute approximate surface area is 113 Å². The summed E-state index contributed by atoms with van der Waals surface area (Å²) in [6.07, 6.45) is 10.8. The minimum atomic E-state index is 0.661. The van der Waals surface area contributed by atoms with Crippen molar-refractivity contribution in [2.24, 2.45) is 5.92 Å². The first-order valence-corrected chi connectivity index (χ1v) is 7.10. The lowest BCUT2D eigenvalue weighted by molar-refractivity contribution is 0.446. The maximum Gasteiger partial charge on any atom is 0.160 e. The lowest BCUT2D eigenvalue weighted by Gasteiger charge is -2.12. The molecule has 0 aliphatic heterocycles. The Morgan fingerprint density at radius 2 is 1.95 bits per heavy atom. The van der Waals surface area contributed by atoms with Gasteiger partial charge in [-0.1, -0.05) is 38.5 Å². The quantitative estimate of drug-likeness (QED) is 0.774. The highest BCUT2D eigenvalue weighted by molar-refractivity contribution is 5.42. The third-order valence-electron chi connectivity index (χ3n) is 4.05. The van der Waals surface area contributed by atoms with Crippen molar-refractivity contribution >= 4 is 5.65 Å². The highest BCUT2D eigenvalue weighted by Crippen LogP contribution is 2.25. The van der Waals surface area contributed by atoms with E-state index in [0.717, 1.165) is 23.8 Å². The molecular formula is C15H18N4. The van der Waals surface area contributed by atoms with Crippen LogP contribution in [-0.2, 0) is 6.42 Å². The molecule has 0 spiro atoms. The van der Waals surface area contributed by atoms with Gasteiger partial charge >= 0.3 is 0 Å². The zero-order valence-corrected chi connectivity index (χ0v) is 11.0. The van der Waals surface area contributed by atoms with Gasteiger partial charge in [-0.25, -0.2) is 0 Å². The molecule has 1 aliphatic rings. The van der Waals surface area contributed by atoms with Crippen molar-refractivity contribution in [3.05, 3.63) is 29.7 Å². The van der Waals surface area contributed by atoms with Crippen LogP contribution in [0.5, 0.6) is 0 Å². The number of nitriles is 1. The van der Waals surface area contributed by atoms with Gasteiger partial charge in [0.05, 0.1) is 5.56 Å². The summed E-state index contributed by atoms with van der Waals surface area (Å²) in [7, 11) is 0. The Balaban J connectivity index is 1.85. The normalized spacial score (nSPS) is 17.2. The van der Waals surface area contributed by atoms with Gasteiger partial charge in [0.1, 0.15) is 11.9 Å². The molecule has 0 amide bonds. The van der Waals surface area contributed by atoms with Crippen LogP contribution in [0.1, 0.15) is 49.9 Å². The summed E-state index contributed by atoms with van der Waals surface area (Å²) in [5.74, 6) is 1.72. The summed E-state index contributed by atoms with van der Waals surface area (Å²) >= 11 is 0. The van der Waals surface area contributed by atoms with E-state index in [-0.39, 0.29) is 0 Å². The van der Waals surface area contributed by atoms with E-state index in [9.17, 15) is 0 Å². The van der Waals surface area contributed by atoms with Crippen molar-refractivity contribution < 1.29 is 0 Å². The molecule has 2 aromatic rings. The first-order valence-electron chi connectivity index (χ1n) is 7.10. The lowest BCUT2D eigenvalue weighted by Crippen LogP contribution is -2.07. The summed E-state index contributed by atoms with van der Waals surface area (Å²) in [4.78, 5) is 0. The van der Waals surface area contributed by atoms with E-state index < -0.39 is 0 Å². The molecule has 19 heavy (non-hydrogen) atoms. The number of nitrogens with zero attached hydrogens (tertiary/aromatic N) is 4. The molecule has 0 radical (unpaired) electrons. The molecule has 0 N–H and O–H groups in total. The number of rotatable bonds is 2. The van der Waals surface area contributed by atoms with Crippen molar-refractivity contribution in [2.75, 3.05) is 0 Å². The van der Waals surface area contributed by atoms with Crippen LogP contribution in [0.25, 0.3) is 5.65 Å². The van der Waals surface area contributed by atoms with E-state index in [1.54, 1.807) is 6.07 Å². The first-order chi connectivity index (χ1) is 9.36. The SMILES string of the molecule is N#Cc1ccc2nnc(CC3CCCCCC3)n2c1. The Morgan fingerprint density at radius 3 is 2.68 bits per heavy atom. The molecule has 1 fully saturated rings. The molecule has 0 saturated heterocycles. The molecule has 3 rings (SSSR count). The molecule has 4 heteroatoms. The third-order valence-corrected chi connectivity index (χ3v) is 4.05. The van der Waals surface area contributed by atoms with Gasteiger partial charge in [-0.05, 0) is 18.1 Å². The highest BCUT2D eigenvalue weighted by Gasteiger charge is 2.16. The zero-order valence-electron chi connectivity index (χ0n) is 11.0. The summed E-state index contributed by atoms with van der Waals surface area (Å²) in [6.45, 7) is 0. The van der Waals surface area contributed by atoms with E-state index in [1.807, 2.05) is 16.7 Å². The van der Waals surface area contributed by atoms with Crippen LogP contribution in [0, 0.1) is 17.2 Å². The monoisotopic (exact) mass is 254 g/mol. The van der Waals surface area contributed by atoms with Gasteiger partial charge in [0.15, 0.2) is 5.65 Å².